The van der Waals surface area contributed by atoms with E-state index in [0.717, 1.165) is 37.7 Å². The van der Waals surface area contributed by atoms with Crippen LogP contribution >= 0.6 is 0 Å². The SMILES string of the molecule is C/C=C1/C(=O)N(c2ccc(F)cc2)C(C)(C(=O)NC2CCCCCC2)CN1/N=C/c1ccc(CC)cc1. The highest BCUT2D eigenvalue weighted by atomic mass is 19.1. The average Bonchev–Trinajstić information content (AvgIpc) is 3.17. The minimum absolute atomic E-state index is 0.0779. The molecule has 1 aliphatic carbocycles. The molecular formula is C30H37FN4O2. The summed E-state index contributed by atoms with van der Waals surface area (Å²) in [5.74, 6) is -0.971. The van der Waals surface area contributed by atoms with Crippen LogP contribution in [-0.4, -0.2) is 41.2 Å². The van der Waals surface area contributed by atoms with E-state index in [4.69, 9.17) is 0 Å². The fourth-order valence-corrected chi connectivity index (χ4v) is 5.18. The number of anilines is 1. The number of aryl methyl sites for hydroxylation is 1. The van der Waals surface area contributed by atoms with E-state index in [1.165, 1.54) is 35.4 Å². The highest BCUT2D eigenvalue weighted by molar-refractivity contribution is 6.12. The Morgan fingerprint density at radius 1 is 1.08 bits per heavy atom. The van der Waals surface area contributed by atoms with Crippen molar-refractivity contribution < 1.29 is 14.0 Å². The third-order valence-electron chi connectivity index (χ3n) is 7.42. The molecule has 1 N–H and O–H groups in total. The Morgan fingerprint density at radius 3 is 2.32 bits per heavy atom. The predicted octanol–water partition coefficient (Wildman–Crippen LogP) is 5.57. The Morgan fingerprint density at radius 2 is 1.73 bits per heavy atom. The first-order valence-corrected chi connectivity index (χ1v) is 13.3. The van der Waals surface area contributed by atoms with Crippen molar-refractivity contribution in [3.05, 3.63) is 77.2 Å². The van der Waals surface area contributed by atoms with Crippen LogP contribution in [-0.2, 0) is 16.0 Å². The molecule has 0 bridgehead atoms. The van der Waals surface area contributed by atoms with Gasteiger partial charge in [-0.3, -0.25) is 19.5 Å². The number of amides is 2. The molecule has 2 aromatic rings. The quantitative estimate of drug-likeness (QED) is 0.318. The maximum absolute atomic E-state index is 13.9. The van der Waals surface area contributed by atoms with Crippen LogP contribution in [0.15, 0.2) is 65.4 Å². The van der Waals surface area contributed by atoms with Gasteiger partial charge in [-0.15, -0.1) is 0 Å². The van der Waals surface area contributed by atoms with Crippen molar-refractivity contribution in [2.24, 2.45) is 5.10 Å². The van der Waals surface area contributed by atoms with Crippen molar-refractivity contribution in [2.45, 2.75) is 77.3 Å². The summed E-state index contributed by atoms with van der Waals surface area (Å²) < 4.78 is 13.7. The van der Waals surface area contributed by atoms with Crippen LogP contribution in [0.25, 0.3) is 0 Å². The minimum atomic E-state index is -1.25. The maximum Gasteiger partial charge on any atom is 0.277 e. The highest BCUT2D eigenvalue weighted by Crippen LogP contribution is 2.34. The number of benzene rings is 2. The number of halogens is 1. The molecule has 1 atom stereocenters. The normalized spacial score (nSPS) is 22.5. The number of piperazine rings is 1. The first-order chi connectivity index (χ1) is 17.9. The molecule has 2 aromatic carbocycles. The number of hydrazone groups is 1. The number of carbonyl (C=O) groups excluding carboxylic acids is 2. The van der Waals surface area contributed by atoms with Gasteiger partial charge in [0, 0.05) is 11.7 Å². The zero-order chi connectivity index (χ0) is 26.4. The van der Waals surface area contributed by atoms with Crippen LogP contribution in [0.5, 0.6) is 0 Å². The van der Waals surface area contributed by atoms with Gasteiger partial charge in [-0.25, -0.2) is 4.39 Å². The molecule has 0 aromatic heterocycles. The second-order valence-corrected chi connectivity index (χ2v) is 10.1. The van der Waals surface area contributed by atoms with E-state index in [2.05, 4.69) is 29.5 Å². The van der Waals surface area contributed by atoms with Gasteiger partial charge in [0.15, 0.2) is 0 Å². The van der Waals surface area contributed by atoms with E-state index in [1.807, 2.05) is 12.1 Å². The minimum Gasteiger partial charge on any atom is -0.351 e. The summed E-state index contributed by atoms with van der Waals surface area (Å²) in [5, 5.41) is 9.50. The molecule has 2 amide bonds. The smallest absolute Gasteiger partial charge is 0.277 e. The van der Waals surface area contributed by atoms with E-state index in [-0.39, 0.29) is 24.4 Å². The lowest BCUT2D eigenvalue weighted by Gasteiger charge is -2.47. The van der Waals surface area contributed by atoms with Crippen molar-refractivity contribution in [2.75, 3.05) is 11.4 Å². The van der Waals surface area contributed by atoms with Crippen LogP contribution in [0, 0.1) is 5.82 Å². The molecule has 7 heteroatoms. The number of hydrogen-bond acceptors (Lipinski definition) is 4. The second-order valence-electron chi connectivity index (χ2n) is 10.1. The van der Waals surface area contributed by atoms with Crippen LogP contribution in [0.1, 0.15) is 70.4 Å². The van der Waals surface area contributed by atoms with Crippen molar-refractivity contribution in [3.8, 4) is 0 Å². The molecule has 0 radical (unpaired) electrons. The molecule has 6 nitrogen and oxygen atoms in total. The molecule has 2 aliphatic rings. The van der Waals surface area contributed by atoms with Crippen LogP contribution in [0.3, 0.4) is 0 Å². The van der Waals surface area contributed by atoms with Crippen LogP contribution < -0.4 is 10.2 Å². The van der Waals surface area contributed by atoms with E-state index in [1.54, 1.807) is 43.3 Å². The van der Waals surface area contributed by atoms with Crippen molar-refractivity contribution >= 4 is 23.7 Å². The number of carbonyl (C=O) groups is 2. The van der Waals surface area contributed by atoms with Gasteiger partial charge in [0.05, 0.1) is 12.8 Å². The molecule has 1 heterocycles. The Hall–Kier alpha value is -3.48. The van der Waals surface area contributed by atoms with Crippen LogP contribution in [0.4, 0.5) is 10.1 Å². The van der Waals surface area contributed by atoms with E-state index >= 15 is 0 Å². The highest BCUT2D eigenvalue weighted by Gasteiger charge is 2.50. The monoisotopic (exact) mass is 504 g/mol. The zero-order valence-electron chi connectivity index (χ0n) is 22.0. The van der Waals surface area contributed by atoms with Gasteiger partial charge in [0.2, 0.25) is 5.91 Å². The lowest BCUT2D eigenvalue weighted by atomic mass is 9.92. The Labute approximate surface area is 219 Å². The number of nitrogens with zero attached hydrogens (tertiary/aromatic N) is 3. The van der Waals surface area contributed by atoms with Gasteiger partial charge < -0.3 is 5.32 Å². The van der Waals surface area contributed by atoms with Gasteiger partial charge in [0.25, 0.3) is 5.91 Å². The Kier molecular flexibility index (Phi) is 8.41. The molecule has 1 unspecified atom stereocenters. The summed E-state index contributed by atoms with van der Waals surface area (Å²) in [6, 6.07) is 13.9. The summed E-state index contributed by atoms with van der Waals surface area (Å²) in [6.07, 6.45) is 10.8. The third-order valence-corrected chi connectivity index (χ3v) is 7.42. The largest absolute Gasteiger partial charge is 0.351 e. The molecule has 196 valence electrons. The summed E-state index contributed by atoms with van der Waals surface area (Å²) in [7, 11) is 0. The lowest BCUT2D eigenvalue weighted by Crippen LogP contribution is -2.68. The third kappa shape index (κ3) is 5.92. The molecule has 0 spiro atoms. The lowest BCUT2D eigenvalue weighted by molar-refractivity contribution is -0.132. The van der Waals surface area contributed by atoms with E-state index in [0.29, 0.717) is 11.4 Å². The molecule has 37 heavy (non-hydrogen) atoms. The van der Waals surface area contributed by atoms with Crippen molar-refractivity contribution in [3.63, 3.8) is 0 Å². The summed E-state index contributed by atoms with van der Waals surface area (Å²) in [4.78, 5) is 29.3. The topological polar surface area (TPSA) is 65.0 Å². The standard InChI is InChI=1S/C30H37FN4O2/c1-4-22-12-14-23(15-13-22)20-32-34-21-30(3,29(37)33-25-10-8-6-7-9-11-25)35(28(36)27(34)5-2)26-18-16-24(31)17-19-26/h5,12-20,25H,4,6-11,21H2,1-3H3,(H,33,37)/b27-5-,32-20+. The van der Waals surface area contributed by atoms with Crippen LogP contribution in [0.2, 0.25) is 0 Å². The Bertz CT molecular complexity index is 1150. The predicted molar refractivity (Wildman–Crippen MR) is 146 cm³/mol. The number of nitrogens with one attached hydrogen (secondary N) is 1. The average molecular weight is 505 g/mol. The van der Waals surface area contributed by atoms with Gasteiger partial charge in [0.1, 0.15) is 17.1 Å². The van der Waals surface area contributed by atoms with Crippen molar-refractivity contribution in [1.29, 1.82) is 0 Å². The molecular weight excluding hydrogens is 467 g/mol. The molecule has 1 saturated heterocycles. The molecule has 2 fully saturated rings. The van der Waals surface area contributed by atoms with E-state index < -0.39 is 11.4 Å². The number of hydrogen-bond donors (Lipinski definition) is 1. The summed E-state index contributed by atoms with van der Waals surface area (Å²) >= 11 is 0. The Balaban J connectivity index is 1.68. The second kappa shape index (κ2) is 11.7. The van der Waals surface area contributed by atoms with Gasteiger partial charge in [-0.05, 0) is 68.5 Å². The van der Waals surface area contributed by atoms with Gasteiger partial charge >= 0.3 is 0 Å². The van der Waals surface area contributed by atoms with Crippen molar-refractivity contribution in [1.82, 2.24) is 10.3 Å². The molecule has 1 saturated carbocycles. The fourth-order valence-electron chi connectivity index (χ4n) is 5.18. The van der Waals surface area contributed by atoms with Gasteiger partial charge in [-0.2, -0.15) is 5.10 Å². The summed E-state index contributed by atoms with van der Waals surface area (Å²) in [6.45, 7) is 5.82. The van der Waals surface area contributed by atoms with Gasteiger partial charge in [-0.1, -0.05) is 62.9 Å². The summed E-state index contributed by atoms with van der Waals surface area (Å²) in [5.41, 5.74) is 1.73. The number of allylic oxidation sites excluding steroid dienone is 1. The first kappa shape index (κ1) is 26.6. The van der Waals surface area contributed by atoms with E-state index in [9.17, 15) is 14.0 Å². The maximum atomic E-state index is 13.9. The molecule has 1 aliphatic heterocycles. The number of rotatable bonds is 6. The molecule has 4 rings (SSSR count). The first-order valence-electron chi connectivity index (χ1n) is 13.3. The zero-order valence-corrected chi connectivity index (χ0v) is 22.0. The fraction of sp³-hybridized carbons (Fsp3) is 0.433.